The molecule has 0 aliphatic carbocycles. The van der Waals surface area contributed by atoms with Crippen LogP contribution in [-0.4, -0.2) is 41.5 Å². The van der Waals surface area contributed by atoms with E-state index in [1.807, 2.05) is 27.7 Å². The van der Waals surface area contributed by atoms with Crippen LogP contribution < -0.4 is 5.32 Å². The van der Waals surface area contributed by atoms with Gasteiger partial charge in [-0.1, -0.05) is 0 Å². The monoisotopic (exact) mass is 428 g/mol. The Morgan fingerprint density at radius 3 is 2.27 bits per heavy atom. The summed E-state index contributed by atoms with van der Waals surface area (Å²) >= 11 is 0. The second kappa shape index (κ2) is 8.22. The van der Waals surface area contributed by atoms with Gasteiger partial charge in [0, 0.05) is 12.7 Å². The molecule has 0 aromatic carbocycles. The number of aromatic nitrogens is 1. The summed E-state index contributed by atoms with van der Waals surface area (Å²) in [5.41, 5.74) is -2.36. The van der Waals surface area contributed by atoms with Crippen molar-refractivity contribution in [2.75, 3.05) is 6.54 Å². The van der Waals surface area contributed by atoms with E-state index in [0.717, 1.165) is 18.3 Å². The highest BCUT2D eigenvalue weighted by atomic mass is 19.4. The predicted octanol–water partition coefficient (Wildman–Crippen LogP) is 4.64. The molecule has 0 bridgehead atoms. The molecule has 1 aromatic heterocycles. The first-order chi connectivity index (χ1) is 13.5. The highest BCUT2D eigenvalue weighted by Crippen LogP contribution is 2.39. The summed E-state index contributed by atoms with van der Waals surface area (Å²) in [4.78, 5) is 16.1. The molecular weight excluding hydrogens is 400 g/mol. The van der Waals surface area contributed by atoms with Crippen molar-refractivity contribution in [3.8, 4) is 0 Å². The van der Waals surface area contributed by atoms with Gasteiger partial charge in [0.15, 0.2) is 0 Å². The normalized spacial score (nSPS) is 19.0. The average molecular weight is 428 g/mol. The molecule has 1 N–H and O–H groups in total. The van der Waals surface area contributed by atoms with E-state index in [9.17, 15) is 18.0 Å². The minimum atomic E-state index is -4.50. The second-order valence-corrected chi connectivity index (χ2v) is 9.13. The van der Waals surface area contributed by atoms with E-state index in [2.05, 4.69) is 10.3 Å². The number of hydrogen-bond donors (Lipinski definition) is 1. The van der Waals surface area contributed by atoms with Crippen molar-refractivity contribution < 1.29 is 32.0 Å². The van der Waals surface area contributed by atoms with Crippen molar-refractivity contribution >= 4 is 19.3 Å². The van der Waals surface area contributed by atoms with Crippen LogP contribution in [0.15, 0.2) is 23.8 Å². The molecule has 2 heterocycles. The first kappa shape index (κ1) is 24.2. The number of amides is 1. The van der Waals surface area contributed by atoms with Crippen LogP contribution in [-0.2, 0) is 20.2 Å². The fourth-order valence-corrected chi connectivity index (χ4v) is 2.58. The maximum Gasteiger partial charge on any atom is 0.492 e. The summed E-state index contributed by atoms with van der Waals surface area (Å²) in [7, 11) is -0.874. The number of rotatable bonds is 4. The fraction of sp³-hybridized carbons (Fsp3) is 0.600. The lowest BCUT2D eigenvalue weighted by Gasteiger charge is -2.32. The summed E-state index contributed by atoms with van der Waals surface area (Å²) in [5.74, 6) is 0. The first-order valence-electron chi connectivity index (χ1n) is 9.56. The molecule has 1 saturated heterocycles. The number of alkyl carbamates (subject to hydrolysis) is 1. The van der Waals surface area contributed by atoms with Crippen molar-refractivity contribution in [3.63, 3.8) is 0 Å². The largest absolute Gasteiger partial charge is 0.492 e. The molecule has 2 rings (SSSR count). The molecule has 30 heavy (non-hydrogen) atoms. The second-order valence-electron chi connectivity index (χ2n) is 9.13. The van der Waals surface area contributed by atoms with Gasteiger partial charge in [0.2, 0.25) is 0 Å². The summed E-state index contributed by atoms with van der Waals surface area (Å²) in [6.07, 6.45) is -2.65. The zero-order chi connectivity index (χ0) is 23.0. The topological polar surface area (TPSA) is 69.7 Å². The molecule has 0 saturated carbocycles. The van der Waals surface area contributed by atoms with E-state index in [4.69, 9.17) is 14.0 Å². The van der Waals surface area contributed by atoms with E-state index in [1.54, 1.807) is 20.8 Å². The Hall–Kier alpha value is -2.07. The minimum Gasteiger partial charge on any atom is -0.444 e. The van der Waals surface area contributed by atoms with E-state index in [0.29, 0.717) is 5.47 Å². The third kappa shape index (κ3) is 6.22. The molecule has 1 amide bonds. The summed E-state index contributed by atoms with van der Waals surface area (Å²) < 4.78 is 56.4. The van der Waals surface area contributed by atoms with Gasteiger partial charge in [-0.05, 0) is 72.1 Å². The molecule has 0 unspecified atom stereocenters. The zero-order valence-electron chi connectivity index (χ0n) is 18.3. The Morgan fingerprint density at radius 1 is 1.20 bits per heavy atom. The average Bonchev–Trinajstić information content (AvgIpc) is 2.77. The highest BCUT2D eigenvalue weighted by Gasteiger charge is 2.52. The van der Waals surface area contributed by atoms with Crippen LogP contribution in [0.5, 0.6) is 0 Å². The third-order valence-corrected chi connectivity index (χ3v) is 4.83. The van der Waals surface area contributed by atoms with Crippen LogP contribution in [0.2, 0.25) is 0 Å². The molecule has 166 valence electrons. The molecule has 1 aromatic rings. The molecule has 10 heteroatoms. The van der Waals surface area contributed by atoms with Gasteiger partial charge >= 0.3 is 19.4 Å². The zero-order valence-corrected chi connectivity index (χ0v) is 18.3. The molecule has 0 spiro atoms. The lowest BCUT2D eigenvalue weighted by atomic mass is 9.77. The van der Waals surface area contributed by atoms with Gasteiger partial charge in [0.1, 0.15) is 5.60 Å². The van der Waals surface area contributed by atoms with Crippen molar-refractivity contribution in [1.82, 2.24) is 10.3 Å². The number of ether oxygens (including phenoxy) is 1. The van der Waals surface area contributed by atoms with Gasteiger partial charge in [-0.15, -0.1) is 0 Å². The number of hydrogen-bond acceptors (Lipinski definition) is 5. The van der Waals surface area contributed by atoms with Gasteiger partial charge in [-0.3, -0.25) is 4.98 Å². The summed E-state index contributed by atoms with van der Waals surface area (Å²) in [5, 5.41) is 2.60. The quantitative estimate of drug-likeness (QED) is 0.708. The van der Waals surface area contributed by atoms with Crippen LogP contribution in [0.25, 0.3) is 6.08 Å². The molecule has 1 fully saturated rings. The van der Waals surface area contributed by atoms with E-state index in [-0.39, 0.29) is 12.2 Å². The fourth-order valence-electron chi connectivity index (χ4n) is 2.58. The van der Waals surface area contributed by atoms with Crippen molar-refractivity contribution in [3.05, 3.63) is 35.1 Å². The van der Waals surface area contributed by atoms with E-state index < -0.39 is 41.8 Å². The molecular formula is C20H28BF3N2O4. The van der Waals surface area contributed by atoms with Gasteiger partial charge in [-0.25, -0.2) is 4.79 Å². The van der Waals surface area contributed by atoms with Crippen molar-refractivity contribution in [2.24, 2.45) is 0 Å². The van der Waals surface area contributed by atoms with E-state index in [1.165, 1.54) is 6.08 Å². The number of nitrogens with zero attached hydrogens (tertiary/aromatic N) is 1. The Kier molecular flexibility index (Phi) is 6.64. The smallest absolute Gasteiger partial charge is 0.444 e. The van der Waals surface area contributed by atoms with Crippen molar-refractivity contribution in [1.29, 1.82) is 0 Å². The predicted molar refractivity (Wildman–Crippen MR) is 108 cm³/mol. The summed E-state index contributed by atoms with van der Waals surface area (Å²) in [6, 6.07) is 1.82. The lowest BCUT2D eigenvalue weighted by molar-refractivity contribution is -0.137. The Bertz CT molecular complexity index is 801. The maximum absolute atomic E-state index is 13.0. The van der Waals surface area contributed by atoms with Gasteiger partial charge in [0.05, 0.1) is 22.5 Å². The van der Waals surface area contributed by atoms with Gasteiger partial charge in [0.25, 0.3) is 0 Å². The standard InChI is InChI=1S/C20H28BF3N2O4/c1-17(2,3)28-16(27)26-12-14(21-29-18(4,5)19(6,7)30-21)11-15-10-13(8-9-25-15)20(22,23)24/h8-11H,12H2,1-7H3,(H,26,27). The van der Waals surface area contributed by atoms with Gasteiger partial charge < -0.3 is 19.4 Å². The van der Waals surface area contributed by atoms with Crippen LogP contribution >= 0.6 is 0 Å². The number of halogens is 3. The summed E-state index contributed by atoms with van der Waals surface area (Å²) in [6.45, 7) is 12.5. The highest BCUT2D eigenvalue weighted by molar-refractivity contribution is 6.56. The van der Waals surface area contributed by atoms with E-state index >= 15 is 0 Å². The SMILES string of the molecule is CC(C)(C)OC(=O)NCC(=Cc1cc(C(F)(F)F)ccn1)B1OC(C)(C)C(C)(C)O1. The number of carbonyl (C=O) groups excluding carboxylic acids is 1. The van der Waals surface area contributed by atoms with Crippen LogP contribution in [0, 0.1) is 0 Å². The maximum atomic E-state index is 13.0. The minimum absolute atomic E-state index is 0.0519. The molecule has 0 radical (unpaired) electrons. The Balaban J connectivity index is 2.32. The third-order valence-electron chi connectivity index (χ3n) is 4.83. The number of alkyl halides is 3. The molecule has 6 nitrogen and oxygen atoms in total. The lowest BCUT2D eigenvalue weighted by Crippen LogP contribution is -2.41. The van der Waals surface area contributed by atoms with Crippen LogP contribution in [0.3, 0.4) is 0 Å². The first-order valence-corrected chi connectivity index (χ1v) is 9.56. The van der Waals surface area contributed by atoms with Gasteiger partial charge in [-0.2, -0.15) is 13.2 Å². The Labute approximate surface area is 175 Å². The Morgan fingerprint density at radius 2 is 1.77 bits per heavy atom. The molecule has 1 aliphatic rings. The number of pyridine rings is 1. The molecule has 0 atom stereocenters. The number of nitrogens with one attached hydrogen (secondary N) is 1. The number of carbonyl (C=O) groups is 1. The van der Waals surface area contributed by atoms with Crippen LogP contribution in [0.1, 0.15) is 59.7 Å². The molecule has 1 aliphatic heterocycles. The van der Waals surface area contributed by atoms with Crippen molar-refractivity contribution in [2.45, 2.75) is 71.4 Å². The van der Waals surface area contributed by atoms with Crippen LogP contribution in [0.4, 0.5) is 18.0 Å².